The van der Waals surface area contributed by atoms with Crippen molar-refractivity contribution in [3.63, 3.8) is 0 Å². The molecule has 25 heteroatoms. The minimum atomic E-state index is -0.722. The summed E-state index contributed by atoms with van der Waals surface area (Å²) in [5, 5.41) is 6.90. The quantitative estimate of drug-likeness (QED) is 0.0420. The molecule has 3 saturated heterocycles. The zero-order valence-electron chi connectivity index (χ0n) is 50.2. The highest BCUT2D eigenvalue weighted by atomic mass is 32.2. The topological polar surface area (TPSA) is 257 Å². The van der Waals surface area contributed by atoms with Gasteiger partial charge in [-0.15, -0.1) is 16.8 Å². The zero-order chi connectivity index (χ0) is 61.2. The minimum Gasteiger partial charge on any atom is -0.493 e. The lowest BCUT2D eigenvalue weighted by Gasteiger charge is -2.29. The fourth-order valence-corrected chi connectivity index (χ4v) is 11.2. The van der Waals surface area contributed by atoms with Crippen molar-refractivity contribution in [1.29, 1.82) is 0 Å². The summed E-state index contributed by atoms with van der Waals surface area (Å²) in [4.78, 5) is 95.6. The second kappa shape index (κ2) is 31.4. The number of nitrogens with zero attached hydrogens (tertiary/aromatic N) is 6. The number of aliphatic imine (C=N–C) groups is 1. The Labute approximate surface area is 506 Å². The van der Waals surface area contributed by atoms with Gasteiger partial charge in [0.1, 0.15) is 25.6 Å². The van der Waals surface area contributed by atoms with Gasteiger partial charge in [0, 0.05) is 87.3 Å². The first-order valence-electron chi connectivity index (χ1n) is 29.0. The molecule has 466 valence electrons. The largest absolute Gasteiger partial charge is 0.493 e. The zero-order valence-corrected chi connectivity index (χ0v) is 51.1. The van der Waals surface area contributed by atoms with E-state index in [2.05, 4.69) is 41.5 Å². The van der Waals surface area contributed by atoms with E-state index in [1.165, 1.54) is 18.3 Å². The van der Waals surface area contributed by atoms with E-state index in [-0.39, 0.29) is 86.0 Å². The van der Waals surface area contributed by atoms with E-state index in [1.54, 1.807) is 43.1 Å². The maximum atomic E-state index is 13.8. The number of hydroxylamine groups is 2. The number of likely N-dealkylation sites (N-methyl/N-ethyl adjacent to an activating group) is 1. The van der Waals surface area contributed by atoms with Gasteiger partial charge in [-0.3, -0.25) is 33.9 Å². The molecule has 0 bridgehead atoms. The van der Waals surface area contributed by atoms with Crippen LogP contribution in [0.3, 0.4) is 0 Å². The van der Waals surface area contributed by atoms with Crippen LogP contribution in [0.25, 0.3) is 0 Å². The third-order valence-corrected chi connectivity index (χ3v) is 16.1. The summed E-state index contributed by atoms with van der Waals surface area (Å²) < 4.78 is 52.5. The van der Waals surface area contributed by atoms with Crippen LogP contribution >= 0.6 is 11.8 Å². The van der Waals surface area contributed by atoms with E-state index in [9.17, 15) is 28.8 Å². The molecule has 0 aliphatic carbocycles. The first kappa shape index (κ1) is 64.7. The van der Waals surface area contributed by atoms with Crippen LogP contribution in [0, 0.1) is 0 Å². The highest BCUT2D eigenvalue weighted by molar-refractivity contribution is 8.01. The van der Waals surface area contributed by atoms with E-state index in [0.29, 0.717) is 153 Å². The number of allylic oxidation sites excluding steroid dienone is 2. The Bertz CT molecular complexity index is 2990. The number of amides is 5. The number of benzene rings is 2. The highest BCUT2D eigenvalue weighted by Gasteiger charge is 2.38. The fourth-order valence-electron chi connectivity index (χ4n) is 10.3. The molecule has 3 fully saturated rings. The van der Waals surface area contributed by atoms with Crippen molar-refractivity contribution in [2.75, 3.05) is 131 Å². The van der Waals surface area contributed by atoms with Gasteiger partial charge in [0.15, 0.2) is 23.0 Å². The lowest BCUT2D eigenvalue weighted by atomic mass is 10.1. The summed E-state index contributed by atoms with van der Waals surface area (Å²) in [5.74, 6) is 0.388. The number of anilines is 1. The van der Waals surface area contributed by atoms with Crippen LogP contribution in [0.2, 0.25) is 0 Å². The van der Waals surface area contributed by atoms with Gasteiger partial charge in [-0.2, -0.15) is 0 Å². The number of imide groups is 1. The molecule has 3 aromatic rings. The van der Waals surface area contributed by atoms with Crippen molar-refractivity contribution in [1.82, 2.24) is 30.1 Å². The van der Waals surface area contributed by atoms with Gasteiger partial charge in [0.25, 0.3) is 23.6 Å². The van der Waals surface area contributed by atoms with E-state index < -0.39 is 17.8 Å². The van der Waals surface area contributed by atoms with Crippen molar-refractivity contribution in [3.05, 3.63) is 82.2 Å². The summed E-state index contributed by atoms with van der Waals surface area (Å²) in [6.07, 6.45) is 7.49. The molecule has 5 aliphatic heterocycles. The van der Waals surface area contributed by atoms with Crippen LogP contribution in [0.5, 0.6) is 28.7 Å². The summed E-state index contributed by atoms with van der Waals surface area (Å²) in [6.45, 7) is 14.2. The average molecular weight is 1210 g/mol. The van der Waals surface area contributed by atoms with Crippen LogP contribution in [-0.4, -0.2) is 209 Å². The first-order chi connectivity index (χ1) is 41.5. The van der Waals surface area contributed by atoms with Crippen molar-refractivity contribution in [2.24, 2.45) is 4.99 Å². The molecule has 0 unspecified atom stereocenters. The Morgan fingerprint density at radius 1 is 0.733 bits per heavy atom. The molecule has 0 spiro atoms. The van der Waals surface area contributed by atoms with E-state index >= 15 is 0 Å². The van der Waals surface area contributed by atoms with Crippen molar-refractivity contribution < 1.29 is 76.2 Å². The van der Waals surface area contributed by atoms with Gasteiger partial charge < -0.3 is 72.8 Å². The Morgan fingerprint density at radius 3 is 1.98 bits per heavy atom. The van der Waals surface area contributed by atoms with Crippen LogP contribution < -0.4 is 34.3 Å². The number of hydrogen-bond acceptors (Lipinski definition) is 21. The van der Waals surface area contributed by atoms with Gasteiger partial charge in [-0.25, -0.2) is 4.79 Å². The van der Waals surface area contributed by atoms with Crippen LogP contribution in [0.1, 0.15) is 91.9 Å². The van der Waals surface area contributed by atoms with Crippen LogP contribution in [-0.2, 0) is 56.2 Å². The molecule has 2 atom stereocenters. The monoisotopic (exact) mass is 1210 g/mol. The third-order valence-electron chi connectivity index (χ3n) is 14.8. The Hall–Kier alpha value is -7.29. The molecule has 2 aromatic carbocycles. The standard InChI is InChI=1S/C61H80N8O16S/c1-8-40-24-44-32-63-49-30-53(51(76-6)28-47(49)59(74)67(44)34-40)83-36-42-26-46(27-43(65-42)37-84-54-31-50-48(29-52(54)77-7)60(75)68-35-41(9-2)25-45(68)33-64-50)82-17-14-66(5)39-61(3,4)86-38-55(70)62-13-16-79-19-21-81-23-22-80-20-18-78-15-12-58(73)85-69-56(71)10-11-57(69)72/h8-9,26-32,44-45,64H,10-25,33-39H2,1-7H3,(H,62,70)/b40-8+,41-9+/t44-,45-/m0/s1. The second-order valence-electron chi connectivity index (χ2n) is 21.7. The Kier molecular flexibility index (Phi) is 23.6. The van der Waals surface area contributed by atoms with Gasteiger partial charge in [0.2, 0.25) is 5.91 Å². The molecule has 5 amide bonds. The molecule has 86 heavy (non-hydrogen) atoms. The molecule has 5 aliphatic rings. The predicted molar refractivity (Wildman–Crippen MR) is 320 cm³/mol. The third kappa shape index (κ3) is 17.9. The lowest BCUT2D eigenvalue weighted by molar-refractivity contribution is -0.198. The number of pyridine rings is 1. The van der Waals surface area contributed by atoms with Crippen LogP contribution in [0.4, 0.5) is 11.4 Å². The number of nitrogens with one attached hydrogen (secondary N) is 2. The number of hydrogen-bond donors (Lipinski definition) is 2. The molecular formula is C61H80N8O16S. The molecule has 1 aromatic heterocycles. The summed E-state index contributed by atoms with van der Waals surface area (Å²) in [7, 11) is 5.08. The Morgan fingerprint density at radius 2 is 1.33 bits per heavy atom. The molecule has 0 saturated carbocycles. The van der Waals surface area contributed by atoms with Gasteiger partial charge in [0.05, 0.1) is 125 Å². The molecule has 8 rings (SSSR count). The Balaban J connectivity index is 0.777. The maximum absolute atomic E-state index is 13.8. The number of rotatable bonds is 33. The van der Waals surface area contributed by atoms with Crippen LogP contribution in [0.15, 0.2) is 64.7 Å². The van der Waals surface area contributed by atoms with E-state index in [0.717, 1.165) is 12.8 Å². The van der Waals surface area contributed by atoms with E-state index in [4.69, 9.17) is 57.4 Å². The summed E-state index contributed by atoms with van der Waals surface area (Å²) in [5.41, 5.74) is 5.63. The number of carbonyl (C=O) groups is 6. The average Bonchev–Trinajstić information content (AvgIpc) is 4.05. The smallest absolute Gasteiger partial charge is 0.335 e. The van der Waals surface area contributed by atoms with Gasteiger partial charge in [-0.05, 0) is 59.7 Å². The van der Waals surface area contributed by atoms with Crippen molar-refractivity contribution >= 4 is 64.9 Å². The summed E-state index contributed by atoms with van der Waals surface area (Å²) in [6, 6.07) is 10.5. The van der Waals surface area contributed by atoms with Gasteiger partial charge in [-0.1, -0.05) is 23.3 Å². The van der Waals surface area contributed by atoms with Gasteiger partial charge >= 0.3 is 5.97 Å². The second-order valence-corrected chi connectivity index (χ2v) is 23.4. The molecule has 24 nitrogen and oxygen atoms in total. The van der Waals surface area contributed by atoms with E-state index in [1.807, 2.05) is 49.0 Å². The number of methoxy groups -OCH3 is 2. The number of ether oxygens (including phenoxy) is 9. The fraction of sp³-hybridized carbons (Fsp3) is 0.541. The molecule has 0 radical (unpaired) electrons. The predicted octanol–water partition coefficient (Wildman–Crippen LogP) is 5.72. The number of thioether (sulfide) groups is 1. The highest BCUT2D eigenvalue weighted by Crippen LogP contribution is 2.41. The lowest BCUT2D eigenvalue weighted by Crippen LogP contribution is -2.38. The maximum Gasteiger partial charge on any atom is 0.335 e. The van der Waals surface area contributed by atoms with Crippen molar-refractivity contribution in [3.8, 4) is 28.7 Å². The summed E-state index contributed by atoms with van der Waals surface area (Å²) >= 11 is 1.56. The molecular weight excluding hydrogens is 1130 g/mol. The number of aromatic nitrogens is 1. The molecule has 2 N–H and O–H groups in total. The number of fused-ring (bicyclic) bond motifs is 4. The minimum absolute atomic E-state index is 0.0136. The first-order valence-corrected chi connectivity index (χ1v) is 30.0. The normalized spacial score (nSPS) is 18.2. The SMILES string of the molecule is C/C=C1\C[C@H]2CNc3cc(OCc4cc(OCCN(C)CC(C)(C)SCC(=O)NCCOCCOCCOCCOCCC(=O)ON5C(=O)CCC5=O)cc(COc5cc6c(cc5OC)C(=O)N5C/C(=C/C)C[C@H]5C=N6)n4)c(OC)cc3C(=O)N2C1. The number of carbonyl (C=O) groups excluding carboxylic acids is 6. The van der Waals surface area contributed by atoms with Crippen molar-refractivity contribution in [2.45, 2.75) is 89.8 Å². The molecule has 6 heterocycles.